The molecule has 32 heavy (non-hydrogen) atoms. The lowest BCUT2D eigenvalue weighted by molar-refractivity contribution is -0.137. The molecule has 9 heteroatoms. The van der Waals surface area contributed by atoms with Gasteiger partial charge in [0.05, 0.1) is 6.04 Å². The first kappa shape index (κ1) is 20.1. The fourth-order valence-electron chi connectivity index (χ4n) is 4.09. The van der Waals surface area contributed by atoms with Crippen molar-refractivity contribution in [2.24, 2.45) is 0 Å². The molecule has 0 radical (unpaired) electrons. The van der Waals surface area contributed by atoms with E-state index in [4.69, 9.17) is 9.47 Å². The molecule has 0 saturated carbocycles. The minimum atomic E-state index is -0.413. The molecule has 2 N–H and O–H groups in total. The van der Waals surface area contributed by atoms with E-state index in [1.165, 1.54) is 11.8 Å². The number of fused-ring (bicyclic) bond motifs is 2. The molecule has 1 saturated heterocycles. The first-order valence-electron chi connectivity index (χ1n) is 10.3. The Morgan fingerprint density at radius 1 is 1.12 bits per heavy atom. The number of amides is 2. The molecule has 2 aromatic carbocycles. The molecule has 2 atom stereocenters. The number of hydrazine groups is 1. The van der Waals surface area contributed by atoms with Crippen LogP contribution in [0.4, 0.5) is 5.69 Å². The van der Waals surface area contributed by atoms with Crippen LogP contribution < -0.4 is 20.2 Å². The number of hydrogen-bond donors (Lipinski definition) is 2. The molecule has 0 bridgehead atoms. The Labute approximate surface area is 184 Å². The van der Waals surface area contributed by atoms with Gasteiger partial charge in [0.25, 0.3) is 5.91 Å². The summed E-state index contributed by atoms with van der Waals surface area (Å²) in [6, 6.07) is 12.0. The van der Waals surface area contributed by atoms with Crippen LogP contribution in [0, 0.1) is 0 Å². The van der Waals surface area contributed by atoms with Gasteiger partial charge in [-0.2, -0.15) is 0 Å². The van der Waals surface area contributed by atoms with Gasteiger partial charge in [0.2, 0.25) is 12.7 Å². The summed E-state index contributed by atoms with van der Waals surface area (Å²) in [5.74, 6) is 0.835. The number of carbonyl (C=O) groups is 3. The lowest BCUT2D eigenvalue weighted by atomic mass is 10.0. The number of nitrogens with zero attached hydrogens (tertiary/aromatic N) is 2. The fraction of sp³-hybridized carbons (Fsp3) is 0.261. The van der Waals surface area contributed by atoms with E-state index in [0.717, 1.165) is 5.56 Å². The molecule has 0 spiro atoms. The van der Waals surface area contributed by atoms with Gasteiger partial charge < -0.3 is 24.7 Å². The maximum atomic E-state index is 13.0. The number of carbonyl (C=O) groups excluding carboxylic acids is 3. The molecule has 3 aliphatic rings. The second-order valence-corrected chi connectivity index (χ2v) is 7.90. The molecule has 5 rings (SSSR count). The zero-order chi connectivity index (χ0) is 22.2. The lowest BCUT2D eigenvalue weighted by Crippen LogP contribution is -2.49. The topological polar surface area (TPSA) is 100 Å². The van der Waals surface area contributed by atoms with E-state index in [0.29, 0.717) is 29.2 Å². The number of benzene rings is 2. The minimum absolute atomic E-state index is 0.0637. The smallest absolute Gasteiger partial charge is 0.251 e. The normalized spacial score (nSPS) is 21.0. The van der Waals surface area contributed by atoms with Crippen molar-refractivity contribution in [3.05, 3.63) is 66.0 Å². The Bertz CT molecular complexity index is 1130. The number of anilines is 1. The van der Waals surface area contributed by atoms with Crippen molar-refractivity contribution in [2.45, 2.75) is 25.4 Å². The van der Waals surface area contributed by atoms with Crippen molar-refractivity contribution in [1.29, 1.82) is 0 Å². The summed E-state index contributed by atoms with van der Waals surface area (Å²) in [5.41, 5.74) is 5.36. The Kier molecular flexibility index (Phi) is 5.02. The predicted octanol–water partition coefficient (Wildman–Crippen LogP) is 2.19. The molecule has 0 aliphatic carbocycles. The van der Waals surface area contributed by atoms with Gasteiger partial charge in [-0.1, -0.05) is 18.2 Å². The van der Waals surface area contributed by atoms with E-state index in [1.807, 2.05) is 18.2 Å². The SMILES string of the molecule is CC(=O)c1cccc(NC(=O)CN2C=CN3NC(c4ccc5c(c4)OCO5)CC3C2=O)c1. The number of rotatable bonds is 5. The summed E-state index contributed by atoms with van der Waals surface area (Å²) < 4.78 is 10.8. The number of Topliss-reactive ketones (excluding diaryl/α,β-unsaturated/α-hetero) is 1. The summed E-state index contributed by atoms with van der Waals surface area (Å²) in [7, 11) is 0. The predicted molar refractivity (Wildman–Crippen MR) is 115 cm³/mol. The van der Waals surface area contributed by atoms with Crippen molar-refractivity contribution >= 4 is 23.3 Å². The van der Waals surface area contributed by atoms with Gasteiger partial charge in [-0.15, -0.1) is 0 Å². The van der Waals surface area contributed by atoms with E-state index in [1.54, 1.807) is 41.7 Å². The molecule has 3 aliphatic heterocycles. The second kappa shape index (κ2) is 8.01. The monoisotopic (exact) mass is 434 g/mol. The number of ketones is 1. The average molecular weight is 434 g/mol. The first-order chi connectivity index (χ1) is 15.5. The fourth-order valence-corrected chi connectivity index (χ4v) is 4.09. The third-order valence-corrected chi connectivity index (χ3v) is 5.74. The minimum Gasteiger partial charge on any atom is -0.454 e. The van der Waals surface area contributed by atoms with Crippen LogP contribution in [0.15, 0.2) is 54.9 Å². The quantitative estimate of drug-likeness (QED) is 0.696. The zero-order valence-electron chi connectivity index (χ0n) is 17.4. The highest BCUT2D eigenvalue weighted by molar-refractivity contribution is 5.98. The van der Waals surface area contributed by atoms with Gasteiger partial charge in [-0.25, -0.2) is 5.43 Å². The standard InChI is InChI=1S/C23H22N4O5/c1-14(28)15-3-2-4-17(9-15)24-22(29)12-26-7-8-27-19(23(26)30)11-18(25-27)16-5-6-20-21(10-16)32-13-31-20/h2-10,18-19,25H,11-13H2,1H3,(H,24,29). The van der Waals surface area contributed by atoms with E-state index >= 15 is 0 Å². The first-order valence-corrected chi connectivity index (χ1v) is 10.3. The molecule has 2 unspecified atom stereocenters. The largest absolute Gasteiger partial charge is 0.454 e. The van der Waals surface area contributed by atoms with Crippen molar-refractivity contribution in [3.63, 3.8) is 0 Å². The van der Waals surface area contributed by atoms with Gasteiger partial charge in [0.1, 0.15) is 12.6 Å². The number of nitrogens with one attached hydrogen (secondary N) is 2. The van der Waals surface area contributed by atoms with Crippen LogP contribution in [-0.4, -0.2) is 46.9 Å². The molecule has 3 heterocycles. The second-order valence-electron chi connectivity index (χ2n) is 7.90. The van der Waals surface area contributed by atoms with Crippen molar-refractivity contribution in [2.75, 3.05) is 18.7 Å². The summed E-state index contributed by atoms with van der Waals surface area (Å²) in [6.07, 6.45) is 3.92. The van der Waals surface area contributed by atoms with Gasteiger partial charge >= 0.3 is 0 Å². The van der Waals surface area contributed by atoms with Gasteiger partial charge in [-0.05, 0) is 43.2 Å². The number of hydrogen-bond acceptors (Lipinski definition) is 7. The molecule has 164 valence electrons. The van der Waals surface area contributed by atoms with Crippen LogP contribution in [0.1, 0.15) is 35.3 Å². The van der Waals surface area contributed by atoms with Crippen LogP contribution in [0.3, 0.4) is 0 Å². The van der Waals surface area contributed by atoms with E-state index in [2.05, 4.69) is 10.7 Å². The van der Waals surface area contributed by atoms with Crippen molar-refractivity contribution < 1.29 is 23.9 Å². The maximum Gasteiger partial charge on any atom is 0.251 e. The highest BCUT2D eigenvalue weighted by atomic mass is 16.7. The molecule has 9 nitrogen and oxygen atoms in total. The highest BCUT2D eigenvalue weighted by Crippen LogP contribution is 2.37. The average Bonchev–Trinajstić information content (AvgIpc) is 3.42. The summed E-state index contributed by atoms with van der Waals surface area (Å²) in [6.45, 7) is 1.57. The Hall–Kier alpha value is -3.85. The highest BCUT2D eigenvalue weighted by Gasteiger charge is 2.40. The summed E-state index contributed by atoms with van der Waals surface area (Å²) in [4.78, 5) is 38.5. The Morgan fingerprint density at radius 2 is 1.97 bits per heavy atom. The third kappa shape index (κ3) is 3.78. The molecular formula is C23H22N4O5. The Morgan fingerprint density at radius 3 is 2.81 bits per heavy atom. The van der Waals surface area contributed by atoms with Crippen LogP contribution >= 0.6 is 0 Å². The van der Waals surface area contributed by atoms with Crippen LogP contribution in [0.5, 0.6) is 11.5 Å². The van der Waals surface area contributed by atoms with Gasteiger partial charge in [0.15, 0.2) is 17.3 Å². The molecule has 0 aromatic heterocycles. The number of ether oxygens (including phenoxy) is 2. The molecule has 1 fully saturated rings. The van der Waals surface area contributed by atoms with Gasteiger partial charge in [0, 0.05) is 23.7 Å². The molecule has 2 amide bonds. The van der Waals surface area contributed by atoms with Crippen LogP contribution in [-0.2, 0) is 9.59 Å². The molecular weight excluding hydrogens is 412 g/mol. The molecule has 2 aromatic rings. The summed E-state index contributed by atoms with van der Waals surface area (Å²) >= 11 is 0. The maximum absolute atomic E-state index is 13.0. The Balaban J connectivity index is 1.23. The van der Waals surface area contributed by atoms with E-state index in [-0.39, 0.29) is 37.0 Å². The summed E-state index contributed by atoms with van der Waals surface area (Å²) in [5, 5.41) is 4.53. The van der Waals surface area contributed by atoms with E-state index in [9.17, 15) is 14.4 Å². The van der Waals surface area contributed by atoms with Crippen LogP contribution in [0.25, 0.3) is 0 Å². The lowest BCUT2D eigenvalue weighted by Gasteiger charge is -2.31. The zero-order valence-corrected chi connectivity index (χ0v) is 17.4. The van der Waals surface area contributed by atoms with Crippen LogP contribution in [0.2, 0.25) is 0 Å². The van der Waals surface area contributed by atoms with Crippen molar-refractivity contribution in [1.82, 2.24) is 15.3 Å². The van der Waals surface area contributed by atoms with E-state index < -0.39 is 6.04 Å². The van der Waals surface area contributed by atoms with Gasteiger partial charge in [-0.3, -0.25) is 14.4 Å². The van der Waals surface area contributed by atoms with Crippen molar-refractivity contribution in [3.8, 4) is 11.5 Å². The third-order valence-electron chi connectivity index (χ3n) is 5.74.